The summed E-state index contributed by atoms with van der Waals surface area (Å²) in [6, 6.07) is 5.14. The van der Waals surface area contributed by atoms with Crippen LogP contribution in [-0.4, -0.2) is 26.6 Å². The van der Waals surface area contributed by atoms with Crippen molar-refractivity contribution >= 4 is 11.6 Å². The number of hydrogen-bond acceptors (Lipinski definition) is 3. The van der Waals surface area contributed by atoms with Crippen LogP contribution in [0.3, 0.4) is 0 Å². The van der Waals surface area contributed by atoms with Gasteiger partial charge in [-0.3, -0.25) is 4.74 Å². The number of ether oxygens (including phenoxy) is 2. The standard InChI is InChI=1S/C11H13ClF3NO2/c1-16-7-8-3-2-4-9(12)10(8)17-5-6-18-11(13,14)15/h2-4,16H,5-7H2,1H3. The number of para-hydroxylation sites is 1. The van der Waals surface area contributed by atoms with E-state index in [1.54, 1.807) is 25.2 Å². The predicted octanol–water partition coefficient (Wildman–Crippen LogP) is 2.97. The molecule has 0 heterocycles. The minimum Gasteiger partial charge on any atom is -0.489 e. The third-order valence-electron chi connectivity index (χ3n) is 2.01. The van der Waals surface area contributed by atoms with Crippen molar-refractivity contribution in [3.8, 4) is 5.75 Å². The van der Waals surface area contributed by atoms with E-state index in [1.165, 1.54) is 0 Å². The molecule has 0 saturated heterocycles. The van der Waals surface area contributed by atoms with E-state index >= 15 is 0 Å². The van der Waals surface area contributed by atoms with Gasteiger partial charge in [0, 0.05) is 12.1 Å². The number of alkyl halides is 3. The molecular formula is C11H13ClF3NO2. The molecule has 0 spiro atoms. The van der Waals surface area contributed by atoms with Crippen molar-refractivity contribution in [2.45, 2.75) is 12.9 Å². The number of nitrogens with one attached hydrogen (secondary N) is 1. The lowest BCUT2D eigenvalue weighted by Gasteiger charge is -2.13. The summed E-state index contributed by atoms with van der Waals surface area (Å²) >= 11 is 5.92. The first-order valence-electron chi connectivity index (χ1n) is 5.19. The van der Waals surface area contributed by atoms with Crippen molar-refractivity contribution in [2.75, 3.05) is 20.3 Å². The Morgan fingerprint density at radius 3 is 2.61 bits per heavy atom. The summed E-state index contributed by atoms with van der Waals surface area (Å²) in [5.74, 6) is 0.374. The smallest absolute Gasteiger partial charge is 0.489 e. The fourth-order valence-electron chi connectivity index (χ4n) is 1.35. The normalized spacial score (nSPS) is 11.6. The van der Waals surface area contributed by atoms with Crippen molar-refractivity contribution in [3.05, 3.63) is 28.8 Å². The Bertz CT molecular complexity index is 385. The topological polar surface area (TPSA) is 30.5 Å². The van der Waals surface area contributed by atoms with Crippen LogP contribution < -0.4 is 10.1 Å². The molecule has 3 nitrogen and oxygen atoms in total. The quantitative estimate of drug-likeness (QED) is 0.814. The van der Waals surface area contributed by atoms with Gasteiger partial charge in [-0.05, 0) is 13.1 Å². The third-order valence-corrected chi connectivity index (χ3v) is 2.31. The summed E-state index contributed by atoms with van der Waals surface area (Å²) in [6.45, 7) is -0.288. The lowest BCUT2D eigenvalue weighted by atomic mass is 10.2. The molecular weight excluding hydrogens is 271 g/mol. The summed E-state index contributed by atoms with van der Waals surface area (Å²) in [4.78, 5) is 0. The SMILES string of the molecule is CNCc1cccc(Cl)c1OCCOC(F)(F)F. The number of rotatable bonds is 6. The van der Waals surface area contributed by atoms with Gasteiger partial charge in [-0.1, -0.05) is 23.7 Å². The van der Waals surface area contributed by atoms with E-state index in [9.17, 15) is 13.2 Å². The van der Waals surface area contributed by atoms with Crippen molar-refractivity contribution < 1.29 is 22.6 Å². The second kappa shape index (κ2) is 6.82. The lowest BCUT2D eigenvalue weighted by molar-refractivity contribution is -0.325. The second-order valence-corrected chi connectivity index (χ2v) is 3.81. The molecule has 1 N–H and O–H groups in total. The van der Waals surface area contributed by atoms with Gasteiger partial charge in [-0.2, -0.15) is 0 Å². The van der Waals surface area contributed by atoms with Crippen LogP contribution in [0.1, 0.15) is 5.56 Å². The fourth-order valence-corrected chi connectivity index (χ4v) is 1.59. The molecule has 0 aliphatic rings. The maximum atomic E-state index is 11.7. The van der Waals surface area contributed by atoms with E-state index in [-0.39, 0.29) is 6.61 Å². The van der Waals surface area contributed by atoms with Crippen LogP contribution in [-0.2, 0) is 11.3 Å². The van der Waals surface area contributed by atoms with Gasteiger partial charge in [0.25, 0.3) is 0 Å². The summed E-state index contributed by atoms with van der Waals surface area (Å²) in [5, 5.41) is 3.27. The molecule has 7 heteroatoms. The average molecular weight is 284 g/mol. The van der Waals surface area contributed by atoms with Gasteiger partial charge in [-0.15, -0.1) is 13.2 Å². The van der Waals surface area contributed by atoms with Crippen molar-refractivity contribution in [3.63, 3.8) is 0 Å². The highest BCUT2D eigenvalue weighted by Crippen LogP contribution is 2.28. The lowest BCUT2D eigenvalue weighted by Crippen LogP contribution is -2.18. The fraction of sp³-hybridized carbons (Fsp3) is 0.455. The maximum Gasteiger partial charge on any atom is 0.522 e. The molecule has 0 aliphatic carbocycles. The molecule has 0 amide bonds. The Labute approximate surface area is 108 Å². The highest BCUT2D eigenvalue weighted by Gasteiger charge is 2.28. The zero-order valence-corrected chi connectivity index (χ0v) is 10.4. The van der Waals surface area contributed by atoms with Gasteiger partial charge in [0.1, 0.15) is 12.4 Å². The van der Waals surface area contributed by atoms with Gasteiger partial charge in [0.2, 0.25) is 0 Å². The van der Waals surface area contributed by atoms with Crippen LogP contribution in [0.2, 0.25) is 5.02 Å². The van der Waals surface area contributed by atoms with Crippen LogP contribution in [0.15, 0.2) is 18.2 Å². The van der Waals surface area contributed by atoms with Crippen LogP contribution >= 0.6 is 11.6 Å². The largest absolute Gasteiger partial charge is 0.522 e. The van der Waals surface area contributed by atoms with Gasteiger partial charge < -0.3 is 10.1 Å². The predicted molar refractivity (Wildman–Crippen MR) is 61.7 cm³/mol. The van der Waals surface area contributed by atoms with Gasteiger partial charge >= 0.3 is 6.36 Å². The second-order valence-electron chi connectivity index (χ2n) is 3.40. The van der Waals surface area contributed by atoms with Crippen molar-refractivity contribution in [2.24, 2.45) is 0 Å². The molecule has 0 saturated carbocycles. The molecule has 102 valence electrons. The van der Waals surface area contributed by atoms with E-state index in [0.717, 1.165) is 5.56 Å². The highest BCUT2D eigenvalue weighted by molar-refractivity contribution is 6.32. The van der Waals surface area contributed by atoms with Gasteiger partial charge in [0.15, 0.2) is 0 Å². The number of benzene rings is 1. The average Bonchev–Trinajstić information content (AvgIpc) is 2.26. The first-order chi connectivity index (χ1) is 8.44. The zero-order chi connectivity index (χ0) is 13.6. The molecule has 0 radical (unpaired) electrons. The Hall–Kier alpha value is -0.980. The van der Waals surface area contributed by atoms with E-state index in [0.29, 0.717) is 17.3 Å². The van der Waals surface area contributed by atoms with Gasteiger partial charge in [0.05, 0.1) is 11.6 Å². The minimum atomic E-state index is -4.64. The maximum absolute atomic E-state index is 11.7. The van der Waals surface area contributed by atoms with Crippen LogP contribution in [0.4, 0.5) is 13.2 Å². The molecule has 0 bridgehead atoms. The van der Waals surface area contributed by atoms with E-state index < -0.39 is 13.0 Å². The highest BCUT2D eigenvalue weighted by atomic mass is 35.5. The van der Waals surface area contributed by atoms with Gasteiger partial charge in [-0.25, -0.2) is 0 Å². The summed E-state index contributed by atoms with van der Waals surface area (Å²) < 4.78 is 44.1. The van der Waals surface area contributed by atoms with E-state index in [2.05, 4.69) is 10.1 Å². The Morgan fingerprint density at radius 1 is 1.28 bits per heavy atom. The Morgan fingerprint density at radius 2 is 2.00 bits per heavy atom. The summed E-state index contributed by atoms with van der Waals surface area (Å²) in [7, 11) is 1.75. The number of hydrogen-bond donors (Lipinski definition) is 1. The number of halogens is 4. The molecule has 0 atom stereocenters. The third kappa shape index (κ3) is 5.12. The molecule has 1 aromatic rings. The van der Waals surface area contributed by atoms with Crippen LogP contribution in [0.25, 0.3) is 0 Å². The Kier molecular flexibility index (Phi) is 5.71. The molecule has 0 unspecified atom stereocenters. The van der Waals surface area contributed by atoms with Crippen molar-refractivity contribution in [1.82, 2.24) is 5.32 Å². The monoisotopic (exact) mass is 283 g/mol. The first-order valence-corrected chi connectivity index (χ1v) is 5.57. The molecule has 1 rings (SSSR count). The minimum absolute atomic E-state index is 0.222. The molecule has 0 aromatic heterocycles. The molecule has 0 fully saturated rings. The summed E-state index contributed by atoms with van der Waals surface area (Å²) in [6.07, 6.45) is -4.64. The molecule has 18 heavy (non-hydrogen) atoms. The molecule has 1 aromatic carbocycles. The van der Waals surface area contributed by atoms with E-state index in [4.69, 9.17) is 16.3 Å². The summed E-state index contributed by atoms with van der Waals surface area (Å²) in [5.41, 5.74) is 0.775. The Balaban J connectivity index is 2.55. The van der Waals surface area contributed by atoms with E-state index in [1.807, 2.05) is 0 Å². The zero-order valence-electron chi connectivity index (χ0n) is 9.68. The van der Waals surface area contributed by atoms with Crippen molar-refractivity contribution in [1.29, 1.82) is 0 Å². The van der Waals surface area contributed by atoms with Crippen LogP contribution in [0.5, 0.6) is 5.75 Å². The first kappa shape index (κ1) is 15.1. The molecule has 0 aliphatic heterocycles. The van der Waals surface area contributed by atoms with Crippen LogP contribution in [0, 0.1) is 0 Å².